The van der Waals surface area contributed by atoms with Crippen LogP contribution < -0.4 is 0 Å². The van der Waals surface area contributed by atoms with Crippen LogP contribution in [0, 0.1) is 5.82 Å². The van der Waals surface area contributed by atoms with Crippen LogP contribution in [0.3, 0.4) is 0 Å². The number of carbonyl (C=O) groups excluding carboxylic acids is 1. The summed E-state index contributed by atoms with van der Waals surface area (Å²) in [5.41, 5.74) is 1.03. The van der Waals surface area contributed by atoms with Crippen LogP contribution in [0.15, 0.2) is 36.5 Å². The topological polar surface area (TPSA) is 30.0 Å². The van der Waals surface area contributed by atoms with Crippen molar-refractivity contribution in [3.63, 3.8) is 0 Å². The lowest BCUT2D eigenvalue weighted by Crippen LogP contribution is -1.91. The van der Waals surface area contributed by atoms with E-state index in [9.17, 15) is 9.18 Å². The number of rotatable bonds is 2. The Morgan fingerprint density at radius 2 is 2.06 bits per heavy atom. The monoisotopic (exact) mass is 235 g/mol. The molecule has 1 aromatic carbocycles. The quantitative estimate of drug-likeness (QED) is 0.747. The van der Waals surface area contributed by atoms with Crippen molar-refractivity contribution in [3.8, 4) is 11.3 Å². The molecule has 0 fully saturated rings. The molecule has 4 heteroatoms. The third kappa shape index (κ3) is 1.95. The van der Waals surface area contributed by atoms with Gasteiger partial charge in [0.15, 0.2) is 6.29 Å². The molecule has 0 atom stereocenters. The molecule has 2 aromatic rings. The zero-order valence-electron chi connectivity index (χ0n) is 8.15. The minimum atomic E-state index is -0.393. The molecule has 1 aromatic heterocycles. The SMILES string of the molecule is O=Cc1cnc(-c2ccccc2F)c(Cl)c1. The van der Waals surface area contributed by atoms with Crippen molar-refractivity contribution in [2.45, 2.75) is 0 Å². The van der Waals surface area contributed by atoms with Crippen LogP contribution in [0.25, 0.3) is 11.3 Å². The van der Waals surface area contributed by atoms with Gasteiger partial charge in [-0.1, -0.05) is 23.7 Å². The molecule has 0 aliphatic heterocycles. The number of aldehydes is 1. The molecule has 0 unspecified atom stereocenters. The van der Waals surface area contributed by atoms with E-state index < -0.39 is 5.82 Å². The number of aromatic nitrogens is 1. The molecule has 0 spiro atoms. The van der Waals surface area contributed by atoms with Crippen molar-refractivity contribution >= 4 is 17.9 Å². The van der Waals surface area contributed by atoms with Crippen molar-refractivity contribution in [1.82, 2.24) is 4.98 Å². The molecule has 0 radical (unpaired) electrons. The minimum absolute atomic E-state index is 0.259. The molecular weight excluding hydrogens is 229 g/mol. The summed E-state index contributed by atoms with van der Waals surface area (Å²) >= 11 is 5.93. The first-order chi connectivity index (χ1) is 7.72. The average Bonchev–Trinajstić information content (AvgIpc) is 2.30. The highest BCUT2D eigenvalue weighted by atomic mass is 35.5. The standard InChI is InChI=1S/C12H7ClFNO/c13-10-5-8(7-16)6-15-12(10)9-3-1-2-4-11(9)14/h1-7H. The lowest BCUT2D eigenvalue weighted by Gasteiger charge is -2.04. The zero-order valence-corrected chi connectivity index (χ0v) is 8.91. The number of benzene rings is 1. The van der Waals surface area contributed by atoms with Gasteiger partial charge in [0.25, 0.3) is 0 Å². The first kappa shape index (κ1) is 10.8. The minimum Gasteiger partial charge on any atom is -0.298 e. The maximum atomic E-state index is 13.5. The highest BCUT2D eigenvalue weighted by Crippen LogP contribution is 2.27. The molecule has 1 heterocycles. The van der Waals surface area contributed by atoms with Gasteiger partial charge in [-0.25, -0.2) is 4.39 Å². The maximum absolute atomic E-state index is 13.5. The van der Waals surface area contributed by atoms with Crippen molar-refractivity contribution in [2.24, 2.45) is 0 Å². The molecule has 2 nitrogen and oxygen atoms in total. The van der Waals surface area contributed by atoms with Gasteiger partial charge < -0.3 is 0 Å². The van der Waals surface area contributed by atoms with Crippen LogP contribution in [0.2, 0.25) is 5.02 Å². The Morgan fingerprint density at radius 3 is 2.69 bits per heavy atom. The molecular formula is C12H7ClFNO. The van der Waals surface area contributed by atoms with Gasteiger partial charge in [-0.05, 0) is 18.2 Å². The predicted octanol–water partition coefficient (Wildman–Crippen LogP) is 3.35. The van der Waals surface area contributed by atoms with Gasteiger partial charge in [0.1, 0.15) is 5.82 Å². The summed E-state index contributed by atoms with van der Waals surface area (Å²) < 4.78 is 13.5. The average molecular weight is 236 g/mol. The molecule has 0 N–H and O–H groups in total. The Hall–Kier alpha value is -1.74. The predicted molar refractivity (Wildman–Crippen MR) is 60.0 cm³/mol. The fourth-order valence-electron chi connectivity index (χ4n) is 1.37. The molecule has 0 saturated carbocycles. The van der Waals surface area contributed by atoms with Gasteiger partial charge in [-0.3, -0.25) is 9.78 Å². The van der Waals surface area contributed by atoms with Gasteiger partial charge in [0.05, 0.1) is 10.7 Å². The Kier molecular flexibility index (Phi) is 2.97. The van der Waals surface area contributed by atoms with Crippen LogP contribution in [0.4, 0.5) is 4.39 Å². The van der Waals surface area contributed by atoms with E-state index in [0.29, 0.717) is 23.1 Å². The summed E-state index contributed by atoms with van der Waals surface area (Å²) in [4.78, 5) is 14.5. The first-order valence-corrected chi connectivity index (χ1v) is 4.96. The van der Waals surface area contributed by atoms with Crippen LogP contribution in [-0.4, -0.2) is 11.3 Å². The van der Waals surface area contributed by atoms with Crippen molar-refractivity contribution in [1.29, 1.82) is 0 Å². The molecule has 0 aliphatic rings. The maximum Gasteiger partial charge on any atom is 0.151 e. The first-order valence-electron chi connectivity index (χ1n) is 4.58. The van der Waals surface area contributed by atoms with Crippen molar-refractivity contribution < 1.29 is 9.18 Å². The Labute approximate surface area is 96.7 Å². The Morgan fingerprint density at radius 1 is 1.31 bits per heavy atom. The van der Waals surface area contributed by atoms with Gasteiger partial charge >= 0.3 is 0 Å². The van der Waals surface area contributed by atoms with Crippen molar-refractivity contribution in [2.75, 3.05) is 0 Å². The van der Waals surface area contributed by atoms with Gasteiger partial charge in [0, 0.05) is 17.3 Å². The second kappa shape index (κ2) is 4.41. The van der Waals surface area contributed by atoms with Gasteiger partial charge in [-0.2, -0.15) is 0 Å². The molecule has 2 rings (SSSR count). The molecule has 0 aliphatic carbocycles. The van der Waals surface area contributed by atoms with E-state index in [0.717, 1.165) is 0 Å². The summed E-state index contributed by atoms with van der Waals surface area (Å²) in [5.74, 6) is -0.393. The highest BCUT2D eigenvalue weighted by Gasteiger charge is 2.10. The normalized spacial score (nSPS) is 10.1. The second-order valence-corrected chi connectivity index (χ2v) is 3.60. The van der Waals surface area contributed by atoms with E-state index >= 15 is 0 Å². The van der Waals surface area contributed by atoms with E-state index in [-0.39, 0.29) is 5.02 Å². The second-order valence-electron chi connectivity index (χ2n) is 3.20. The van der Waals surface area contributed by atoms with Gasteiger partial charge in [0.2, 0.25) is 0 Å². The number of hydrogen-bond acceptors (Lipinski definition) is 2. The third-order valence-corrected chi connectivity index (χ3v) is 2.42. The van der Waals surface area contributed by atoms with E-state index in [2.05, 4.69) is 4.98 Å². The van der Waals surface area contributed by atoms with Crippen LogP contribution >= 0.6 is 11.6 Å². The fourth-order valence-corrected chi connectivity index (χ4v) is 1.65. The fraction of sp³-hybridized carbons (Fsp3) is 0. The van der Waals surface area contributed by atoms with Crippen LogP contribution in [0.1, 0.15) is 10.4 Å². The Bertz CT molecular complexity index is 542. The molecule has 80 valence electrons. The highest BCUT2D eigenvalue weighted by molar-refractivity contribution is 6.33. The third-order valence-electron chi connectivity index (χ3n) is 2.13. The Balaban J connectivity index is 2.57. The lowest BCUT2D eigenvalue weighted by atomic mass is 10.1. The van der Waals surface area contributed by atoms with Crippen LogP contribution in [0.5, 0.6) is 0 Å². The zero-order chi connectivity index (χ0) is 11.5. The summed E-state index contributed by atoms with van der Waals surface area (Å²) in [6.45, 7) is 0. The summed E-state index contributed by atoms with van der Waals surface area (Å²) in [6.07, 6.45) is 2.00. The smallest absolute Gasteiger partial charge is 0.151 e. The number of carbonyl (C=O) groups is 1. The molecule has 0 bridgehead atoms. The number of nitrogens with zero attached hydrogens (tertiary/aromatic N) is 1. The van der Waals surface area contributed by atoms with Crippen molar-refractivity contribution in [3.05, 3.63) is 52.9 Å². The van der Waals surface area contributed by atoms with Gasteiger partial charge in [-0.15, -0.1) is 0 Å². The largest absolute Gasteiger partial charge is 0.298 e. The molecule has 0 saturated heterocycles. The lowest BCUT2D eigenvalue weighted by molar-refractivity contribution is 0.112. The van der Waals surface area contributed by atoms with E-state index in [1.54, 1.807) is 18.2 Å². The summed E-state index contributed by atoms with van der Waals surface area (Å²) in [6, 6.07) is 7.67. The van der Waals surface area contributed by atoms with E-state index in [1.807, 2.05) is 0 Å². The number of pyridine rings is 1. The molecule has 16 heavy (non-hydrogen) atoms. The van der Waals surface area contributed by atoms with Crippen LogP contribution in [-0.2, 0) is 0 Å². The van der Waals surface area contributed by atoms with E-state index in [1.165, 1.54) is 18.3 Å². The van der Waals surface area contributed by atoms with E-state index in [4.69, 9.17) is 11.6 Å². The number of halogens is 2. The number of hydrogen-bond donors (Lipinski definition) is 0. The molecule has 0 amide bonds. The summed E-state index contributed by atoms with van der Waals surface area (Å²) in [7, 11) is 0. The summed E-state index contributed by atoms with van der Waals surface area (Å²) in [5, 5.41) is 0.259.